The van der Waals surface area contributed by atoms with Crippen LogP contribution in [0.1, 0.15) is 113 Å². The van der Waals surface area contributed by atoms with Crippen LogP contribution in [0, 0.1) is 38.9 Å². The fraction of sp³-hybridized carbons (Fsp3) is 0.943. The van der Waals surface area contributed by atoms with Crippen molar-refractivity contribution >= 4 is 5.97 Å². The van der Waals surface area contributed by atoms with Crippen molar-refractivity contribution in [3.05, 3.63) is 11.1 Å². The van der Waals surface area contributed by atoms with E-state index in [0.717, 1.165) is 18.4 Å². The maximum absolute atomic E-state index is 13.9. The summed E-state index contributed by atoms with van der Waals surface area (Å²) < 4.78 is 55.5. The quantitative estimate of drug-likeness (QED) is 0.0632. The summed E-state index contributed by atoms with van der Waals surface area (Å²) in [5.74, 6) is -0.316. The number of hydrogen-bond donors (Lipinski definition) is 13. The van der Waals surface area contributed by atoms with Gasteiger partial charge in [0.25, 0.3) is 0 Å². The second-order valence-electron chi connectivity index (χ2n) is 25.9. The molecule has 0 aromatic carbocycles. The zero-order chi connectivity index (χ0) is 55.4. The number of aliphatic hydroxyl groups excluding tert-OH is 12. The van der Waals surface area contributed by atoms with Crippen molar-refractivity contribution in [2.75, 3.05) is 19.8 Å². The molecule has 13 N–H and O–H groups in total. The number of aliphatic hydroxyl groups is 13. The molecule has 0 radical (unpaired) electrons. The second kappa shape index (κ2) is 19.8. The standard InChI is InChI=1S/C53H84O23/c1-21-30(58)33(61)36(64)42(69-21)75-40-38(73-45-39(35(63)32(60)25(19-55)71-45)74-43-37(65)34(62)31(59)24(18-54)70-43)23(57)20-68-44(40)72-28-10-11-48(4)26(47(28,2)3)9-12-49(5)27(48)17-22(56)29-41-52(8,67)51(7)14-16-53(41,46(66)76-51)15-13-50(29,49)6/h21-28,30-40,42-45,54-65,67H,9-20H2,1-8H3/t21-,22-,23-,24+,25+,26?,27?,28-,30-,31+,32+,33+,34-,35-,36+,37+,38-,39+,40+,42-,43-,44+,45-,48-,49+,50+,51-,52-,53?/m0/s1. The largest absolute Gasteiger partial charge is 0.455 e. The van der Waals surface area contributed by atoms with E-state index in [1.165, 1.54) is 6.92 Å². The van der Waals surface area contributed by atoms with Crippen LogP contribution in [0.5, 0.6) is 0 Å². The third kappa shape index (κ3) is 8.33. The topological polar surface area (TPSA) is 363 Å². The van der Waals surface area contributed by atoms with Gasteiger partial charge in [-0.2, -0.15) is 0 Å². The molecule has 10 fully saturated rings. The lowest BCUT2D eigenvalue weighted by atomic mass is 9.33. The molecule has 4 saturated carbocycles. The Morgan fingerprint density at radius 2 is 1.16 bits per heavy atom. The van der Waals surface area contributed by atoms with E-state index >= 15 is 0 Å². The summed E-state index contributed by atoms with van der Waals surface area (Å²) in [5.41, 5.74) is -4.01. The molecule has 434 valence electrons. The first-order chi connectivity index (χ1) is 35.5. The predicted octanol–water partition coefficient (Wildman–Crippen LogP) is -2.12. The van der Waals surface area contributed by atoms with E-state index < -0.39 is 176 Å². The van der Waals surface area contributed by atoms with Crippen LogP contribution in [-0.4, -0.2) is 232 Å². The highest BCUT2D eigenvalue weighted by atomic mass is 16.8. The van der Waals surface area contributed by atoms with Gasteiger partial charge in [0.2, 0.25) is 0 Å². The highest BCUT2D eigenvalue weighted by Gasteiger charge is 2.75. The Labute approximate surface area is 441 Å². The molecule has 6 saturated heterocycles. The molecule has 1 spiro atoms. The van der Waals surface area contributed by atoms with Gasteiger partial charge in [-0.25, -0.2) is 0 Å². The molecule has 23 heteroatoms. The summed E-state index contributed by atoms with van der Waals surface area (Å²) in [6, 6.07) is 0. The minimum absolute atomic E-state index is 0.000302. The van der Waals surface area contributed by atoms with E-state index in [4.69, 9.17) is 42.6 Å². The predicted molar refractivity (Wildman–Crippen MR) is 256 cm³/mol. The number of rotatable bonds is 10. The molecule has 23 nitrogen and oxygen atoms in total. The van der Waals surface area contributed by atoms with Crippen LogP contribution < -0.4 is 0 Å². The Bertz CT molecular complexity index is 2200. The Balaban J connectivity index is 0.945. The molecule has 5 aliphatic carbocycles. The number of ether oxygens (including phenoxy) is 9. The van der Waals surface area contributed by atoms with Gasteiger partial charge in [-0.05, 0) is 123 Å². The third-order valence-corrected chi connectivity index (χ3v) is 21.7. The summed E-state index contributed by atoms with van der Waals surface area (Å²) >= 11 is 0. The van der Waals surface area contributed by atoms with Gasteiger partial charge in [-0.15, -0.1) is 0 Å². The molecule has 11 rings (SSSR count). The van der Waals surface area contributed by atoms with Crippen molar-refractivity contribution < 1.29 is 114 Å². The summed E-state index contributed by atoms with van der Waals surface area (Å²) in [6.07, 6.45) is -28.3. The van der Waals surface area contributed by atoms with Crippen molar-refractivity contribution in [2.45, 2.75) is 253 Å². The van der Waals surface area contributed by atoms with E-state index in [1.54, 1.807) is 13.8 Å². The average Bonchev–Trinajstić information content (AvgIpc) is 3.51. The van der Waals surface area contributed by atoms with Gasteiger partial charge in [0.05, 0.1) is 43.5 Å². The number of hydrogen-bond acceptors (Lipinski definition) is 23. The molecule has 3 unspecified atom stereocenters. The van der Waals surface area contributed by atoms with Gasteiger partial charge in [-0.1, -0.05) is 34.6 Å². The Hall–Kier alpha value is -1.63. The maximum atomic E-state index is 13.9. The monoisotopic (exact) mass is 1090 g/mol. The van der Waals surface area contributed by atoms with Gasteiger partial charge in [0, 0.05) is 0 Å². The first-order valence-electron chi connectivity index (χ1n) is 27.4. The van der Waals surface area contributed by atoms with Gasteiger partial charge >= 0.3 is 5.97 Å². The molecule has 6 aliphatic heterocycles. The minimum Gasteiger partial charge on any atom is -0.455 e. The highest BCUT2D eigenvalue weighted by Crippen LogP contribution is 2.77. The second-order valence-corrected chi connectivity index (χ2v) is 25.9. The Morgan fingerprint density at radius 1 is 0.579 bits per heavy atom. The third-order valence-electron chi connectivity index (χ3n) is 21.7. The highest BCUT2D eigenvalue weighted by molar-refractivity contribution is 5.86. The SMILES string of the molecule is C[C@@H]1O[C@@H](O[C@H]2[C@@H](O[C@H]3CC[C@@]4(C)C(CC[C@]5(C)C4C[C@H](O)C4=C6C7(CC[C@](C)(OC7=O)[C@@]6(C)O)CC[C@]45C)C3(C)C)OC[C@H](O)[C@@H]2O[C@@H]2O[C@H](CO)[C@@H](O)[C@H](O)[C@H]2O[C@@H]2O[C@H](CO)[C@@H](O)[C@H](O)[C@H]2O)[C@H](O)[C@H](O)[C@H]1O. The van der Waals surface area contributed by atoms with Crippen molar-refractivity contribution in [2.24, 2.45) is 38.9 Å². The fourth-order valence-electron chi connectivity index (χ4n) is 16.8. The van der Waals surface area contributed by atoms with Crippen LogP contribution in [0.3, 0.4) is 0 Å². The van der Waals surface area contributed by atoms with E-state index in [1.807, 2.05) is 0 Å². The van der Waals surface area contributed by atoms with Gasteiger partial charge < -0.3 is 109 Å². The Kier molecular flexibility index (Phi) is 15.0. The van der Waals surface area contributed by atoms with Gasteiger partial charge in [0.15, 0.2) is 25.2 Å². The normalized spacial score (nSPS) is 57.0. The maximum Gasteiger partial charge on any atom is 0.317 e. The van der Waals surface area contributed by atoms with E-state index in [-0.39, 0.29) is 28.6 Å². The molecule has 0 amide bonds. The van der Waals surface area contributed by atoms with Gasteiger partial charge in [0.1, 0.15) is 96.7 Å². The summed E-state index contributed by atoms with van der Waals surface area (Å²) in [5, 5.41) is 144. The minimum atomic E-state index is -1.97. The lowest BCUT2D eigenvalue weighted by Gasteiger charge is -2.73. The Morgan fingerprint density at radius 3 is 1.80 bits per heavy atom. The zero-order valence-electron chi connectivity index (χ0n) is 44.7. The van der Waals surface area contributed by atoms with Crippen LogP contribution in [0.4, 0.5) is 0 Å². The fourth-order valence-corrected chi connectivity index (χ4v) is 16.8. The van der Waals surface area contributed by atoms with E-state index in [0.29, 0.717) is 50.5 Å². The molecule has 11 aliphatic rings. The van der Waals surface area contributed by atoms with Crippen LogP contribution in [-0.2, 0) is 47.4 Å². The average molecular weight is 1090 g/mol. The molecule has 76 heavy (non-hydrogen) atoms. The number of carbonyl (C=O) groups is 1. The van der Waals surface area contributed by atoms with Crippen LogP contribution in [0.25, 0.3) is 0 Å². The molecule has 6 heterocycles. The molecular formula is C53H84O23. The summed E-state index contributed by atoms with van der Waals surface area (Å²) in [6.45, 7) is 14.0. The number of esters is 1. The first-order valence-corrected chi connectivity index (χ1v) is 27.4. The molecule has 29 atom stereocenters. The molecule has 0 aromatic rings. The molecule has 0 aromatic heterocycles. The first kappa shape index (κ1) is 57.6. The van der Waals surface area contributed by atoms with Crippen LogP contribution in [0.2, 0.25) is 0 Å². The zero-order valence-corrected chi connectivity index (χ0v) is 44.7. The number of fused-ring (bicyclic) bond motifs is 7. The lowest BCUT2D eigenvalue weighted by Crippen LogP contribution is -2.72. The van der Waals surface area contributed by atoms with Gasteiger partial charge in [-0.3, -0.25) is 4.79 Å². The summed E-state index contributed by atoms with van der Waals surface area (Å²) in [4.78, 5) is 13.9. The van der Waals surface area contributed by atoms with E-state index in [9.17, 15) is 71.2 Å². The smallest absolute Gasteiger partial charge is 0.317 e. The van der Waals surface area contributed by atoms with Crippen molar-refractivity contribution in [3.8, 4) is 0 Å². The van der Waals surface area contributed by atoms with Crippen LogP contribution >= 0.6 is 0 Å². The van der Waals surface area contributed by atoms with Crippen molar-refractivity contribution in [1.29, 1.82) is 0 Å². The molecule has 2 bridgehead atoms. The number of carbonyl (C=O) groups excluding carboxylic acids is 1. The van der Waals surface area contributed by atoms with Crippen molar-refractivity contribution in [1.82, 2.24) is 0 Å². The summed E-state index contributed by atoms with van der Waals surface area (Å²) in [7, 11) is 0. The van der Waals surface area contributed by atoms with E-state index in [2.05, 4.69) is 34.6 Å². The lowest BCUT2D eigenvalue weighted by molar-refractivity contribution is -0.401. The van der Waals surface area contributed by atoms with Crippen LogP contribution in [0.15, 0.2) is 11.1 Å². The molecular weight excluding hydrogens is 1000 g/mol. The van der Waals surface area contributed by atoms with Crippen molar-refractivity contribution in [3.63, 3.8) is 0 Å².